The maximum atomic E-state index is 13.7. The van der Waals surface area contributed by atoms with Gasteiger partial charge in [0, 0.05) is 5.56 Å². The maximum Gasteiger partial charge on any atom is 0.387 e. The van der Waals surface area contributed by atoms with Gasteiger partial charge in [0.25, 0.3) is 5.91 Å². The first kappa shape index (κ1) is 16.9. The molecule has 1 atom stereocenters. The summed E-state index contributed by atoms with van der Waals surface area (Å²) in [5, 5.41) is 2.65. The van der Waals surface area contributed by atoms with Gasteiger partial charge in [-0.3, -0.25) is 4.79 Å². The van der Waals surface area contributed by atoms with E-state index < -0.39 is 24.4 Å². The number of hydrogen-bond donors (Lipinski definition) is 1. The Morgan fingerprint density at radius 3 is 2.43 bits per heavy atom. The second-order valence-electron chi connectivity index (χ2n) is 4.83. The Morgan fingerprint density at radius 2 is 1.78 bits per heavy atom. The Morgan fingerprint density at radius 1 is 1.13 bits per heavy atom. The number of para-hydroxylation sites is 1. The van der Waals surface area contributed by atoms with Crippen LogP contribution in [0.3, 0.4) is 0 Å². The quantitative estimate of drug-likeness (QED) is 0.860. The van der Waals surface area contributed by atoms with Crippen LogP contribution in [0.4, 0.5) is 13.2 Å². The molecule has 0 aliphatic heterocycles. The molecular weight excluding hydrogens is 307 g/mol. The summed E-state index contributed by atoms with van der Waals surface area (Å²) in [6, 6.07) is 11.2. The van der Waals surface area contributed by atoms with Gasteiger partial charge in [-0.15, -0.1) is 0 Å². The number of amides is 1. The van der Waals surface area contributed by atoms with Gasteiger partial charge in [0.15, 0.2) is 0 Å². The molecule has 6 heteroatoms. The maximum absolute atomic E-state index is 13.7. The molecule has 0 aliphatic carbocycles. The van der Waals surface area contributed by atoms with E-state index in [2.05, 4.69) is 10.1 Å². The number of carbonyl (C=O) groups excluding carboxylic acids is 1. The van der Waals surface area contributed by atoms with E-state index >= 15 is 0 Å². The average Bonchev–Trinajstić information content (AvgIpc) is 2.53. The third-order valence-electron chi connectivity index (χ3n) is 3.34. The molecule has 3 nitrogen and oxygen atoms in total. The molecule has 0 heterocycles. The predicted molar refractivity (Wildman–Crippen MR) is 80.0 cm³/mol. The topological polar surface area (TPSA) is 38.3 Å². The molecule has 122 valence electrons. The summed E-state index contributed by atoms with van der Waals surface area (Å²) in [6.07, 6.45) is 0.434. The van der Waals surface area contributed by atoms with E-state index in [0.717, 1.165) is 0 Å². The summed E-state index contributed by atoms with van der Waals surface area (Å²) in [5.41, 5.74) is 0.318. The molecule has 0 fully saturated rings. The highest BCUT2D eigenvalue weighted by molar-refractivity contribution is 5.94. The Balaban J connectivity index is 2.24. The number of nitrogens with one attached hydrogen (secondary N) is 1. The zero-order chi connectivity index (χ0) is 16.8. The molecule has 2 aromatic rings. The van der Waals surface area contributed by atoms with Gasteiger partial charge in [0.1, 0.15) is 11.6 Å². The van der Waals surface area contributed by atoms with Crippen molar-refractivity contribution in [2.45, 2.75) is 26.0 Å². The van der Waals surface area contributed by atoms with Crippen LogP contribution in [-0.2, 0) is 0 Å². The molecule has 1 N–H and O–H groups in total. The Hall–Kier alpha value is -2.50. The lowest BCUT2D eigenvalue weighted by Gasteiger charge is -2.20. The second kappa shape index (κ2) is 7.67. The van der Waals surface area contributed by atoms with Crippen LogP contribution < -0.4 is 10.1 Å². The van der Waals surface area contributed by atoms with E-state index in [1.807, 2.05) is 0 Å². The Bertz CT molecular complexity index is 676. The fourth-order valence-electron chi connectivity index (χ4n) is 2.25. The van der Waals surface area contributed by atoms with E-state index in [0.29, 0.717) is 12.0 Å². The number of halogens is 3. The van der Waals surface area contributed by atoms with Gasteiger partial charge in [-0.05, 0) is 24.6 Å². The minimum atomic E-state index is -2.96. The van der Waals surface area contributed by atoms with Crippen molar-refractivity contribution >= 4 is 5.91 Å². The van der Waals surface area contributed by atoms with Crippen molar-refractivity contribution in [3.8, 4) is 5.75 Å². The Kier molecular flexibility index (Phi) is 5.62. The first-order valence-corrected chi connectivity index (χ1v) is 7.12. The Labute approximate surface area is 132 Å². The van der Waals surface area contributed by atoms with Crippen molar-refractivity contribution in [2.75, 3.05) is 0 Å². The highest BCUT2D eigenvalue weighted by Crippen LogP contribution is 2.28. The third-order valence-corrected chi connectivity index (χ3v) is 3.34. The fourth-order valence-corrected chi connectivity index (χ4v) is 2.25. The zero-order valence-corrected chi connectivity index (χ0v) is 12.4. The molecule has 0 saturated carbocycles. The first-order chi connectivity index (χ1) is 11.0. The molecule has 2 aromatic carbocycles. The predicted octanol–water partition coefficient (Wildman–Crippen LogP) is 4.31. The molecule has 0 unspecified atom stereocenters. The fraction of sp³-hybridized carbons (Fsp3) is 0.235. The SMILES string of the molecule is CC[C@@H](NC(=O)c1ccccc1F)c1ccccc1OC(F)F. The van der Waals surface area contributed by atoms with Crippen molar-refractivity contribution in [3.63, 3.8) is 0 Å². The average molecular weight is 323 g/mol. The lowest BCUT2D eigenvalue weighted by molar-refractivity contribution is -0.0506. The van der Waals surface area contributed by atoms with Crippen LogP contribution in [0.5, 0.6) is 5.75 Å². The van der Waals surface area contributed by atoms with Gasteiger partial charge >= 0.3 is 6.61 Å². The highest BCUT2D eigenvalue weighted by atomic mass is 19.3. The molecule has 23 heavy (non-hydrogen) atoms. The number of rotatable bonds is 6. The number of carbonyl (C=O) groups is 1. The molecule has 0 aliphatic rings. The van der Waals surface area contributed by atoms with Crippen molar-refractivity contribution in [2.24, 2.45) is 0 Å². The van der Waals surface area contributed by atoms with Crippen molar-refractivity contribution < 1.29 is 22.7 Å². The molecule has 0 saturated heterocycles. The van der Waals surface area contributed by atoms with Crippen LogP contribution in [0.25, 0.3) is 0 Å². The molecule has 0 aromatic heterocycles. The summed E-state index contributed by atoms with van der Waals surface area (Å²) < 4.78 is 43.1. The standard InChI is InChI=1S/C17H16F3NO2/c1-2-14(12-8-4-6-10-15(12)23-17(19)20)21-16(22)11-7-3-5-9-13(11)18/h3-10,14,17H,2H2,1H3,(H,21,22)/t14-/m1/s1. The minimum absolute atomic E-state index is 0.0109. The van der Waals surface area contributed by atoms with Crippen LogP contribution in [-0.4, -0.2) is 12.5 Å². The van der Waals surface area contributed by atoms with E-state index in [9.17, 15) is 18.0 Å². The van der Waals surface area contributed by atoms with E-state index in [-0.39, 0.29) is 11.3 Å². The highest BCUT2D eigenvalue weighted by Gasteiger charge is 2.20. The molecule has 0 radical (unpaired) electrons. The van der Waals surface area contributed by atoms with Crippen molar-refractivity contribution in [3.05, 3.63) is 65.5 Å². The van der Waals surface area contributed by atoms with Crippen LogP contribution in [0.2, 0.25) is 0 Å². The number of alkyl halides is 2. The van der Waals surface area contributed by atoms with Gasteiger partial charge in [-0.25, -0.2) is 4.39 Å². The van der Waals surface area contributed by atoms with Gasteiger partial charge in [-0.1, -0.05) is 37.3 Å². The summed E-state index contributed by atoms with van der Waals surface area (Å²) in [5.74, 6) is -1.26. The molecular formula is C17H16F3NO2. The van der Waals surface area contributed by atoms with Crippen LogP contribution in [0, 0.1) is 5.82 Å². The summed E-state index contributed by atoms with van der Waals surface area (Å²) >= 11 is 0. The molecule has 1 amide bonds. The number of ether oxygens (including phenoxy) is 1. The van der Waals surface area contributed by atoms with Gasteiger partial charge in [0.2, 0.25) is 0 Å². The summed E-state index contributed by atoms with van der Waals surface area (Å²) in [7, 11) is 0. The van der Waals surface area contributed by atoms with Gasteiger partial charge in [-0.2, -0.15) is 8.78 Å². The smallest absolute Gasteiger partial charge is 0.387 e. The van der Waals surface area contributed by atoms with Gasteiger partial charge in [0.05, 0.1) is 11.6 Å². The third kappa shape index (κ3) is 4.25. The lowest BCUT2D eigenvalue weighted by atomic mass is 10.0. The second-order valence-corrected chi connectivity index (χ2v) is 4.83. The largest absolute Gasteiger partial charge is 0.434 e. The van der Waals surface area contributed by atoms with Crippen LogP contribution in [0.15, 0.2) is 48.5 Å². The lowest BCUT2D eigenvalue weighted by Crippen LogP contribution is -2.29. The normalized spacial score (nSPS) is 12.0. The van der Waals surface area contributed by atoms with Crippen molar-refractivity contribution in [1.82, 2.24) is 5.32 Å². The summed E-state index contributed by atoms with van der Waals surface area (Å²) in [6.45, 7) is -1.18. The number of hydrogen-bond acceptors (Lipinski definition) is 2. The zero-order valence-electron chi connectivity index (χ0n) is 12.4. The number of benzene rings is 2. The molecule has 0 spiro atoms. The first-order valence-electron chi connectivity index (χ1n) is 7.12. The molecule has 2 rings (SSSR count). The minimum Gasteiger partial charge on any atom is -0.434 e. The van der Waals surface area contributed by atoms with E-state index in [1.54, 1.807) is 31.2 Å². The van der Waals surface area contributed by atoms with E-state index in [4.69, 9.17) is 0 Å². The van der Waals surface area contributed by atoms with Gasteiger partial charge < -0.3 is 10.1 Å². The molecule has 0 bridgehead atoms. The monoisotopic (exact) mass is 323 g/mol. The summed E-state index contributed by atoms with van der Waals surface area (Å²) in [4.78, 5) is 12.2. The van der Waals surface area contributed by atoms with Crippen molar-refractivity contribution in [1.29, 1.82) is 0 Å². The van der Waals surface area contributed by atoms with Crippen LogP contribution >= 0.6 is 0 Å². The van der Waals surface area contributed by atoms with E-state index in [1.165, 1.54) is 24.3 Å². The van der Waals surface area contributed by atoms with Crippen LogP contribution in [0.1, 0.15) is 35.3 Å².